The van der Waals surface area contributed by atoms with Gasteiger partial charge in [-0.05, 0) is 37.3 Å². The normalized spacial score (nSPS) is 14.9. The molecule has 4 nitrogen and oxygen atoms in total. The molecule has 1 aromatic rings. The molecule has 0 radical (unpaired) electrons. The Morgan fingerprint density at radius 2 is 2.11 bits per heavy atom. The van der Waals surface area contributed by atoms with Gasteiger partial charge in [0.05, 0.1) is 11.3 Å². The van der Waals surface area contributed by atoms with Crippen molar-refractivity contribution in [1.29, 1.82) is 0 Å². The summed E-state index contributed by atoms with van der Waals surface area (Å²) in [6.45, 7) is 1.73. The topological polar surface area (TPSA) is 66.4 Å². The van der Waals surface area contributed by atoms with Crippen molar-refractivity contribution in [1.82, 2.24) is 0 Å². The van der Waals surface area contributed by atoms with Gasteiger partial charge in [-0.2, -0.15) is 0 Å². The van der Waals surface area contributed by atoms with E-state index in [1.807, 2.05) is 0 Å². The number of amides is 1. The van der Waals surface area contributed by atoms with E-state index in [2.05, 4.69) is 5.32 Å². The third-order valence-electron chi connectivity index (χ3n) is 3.46. The Balaban J connectivity index is 2.10. The van der Waals surface area contributed by atoms with Gasteiger partial charge in [0.1, 0.15) is 0 Å². The number of carboxylic acid groups (broad SMARTS) is 1. The van der Waals surface area contributed by atoms with E-state index in [4.69, 9.17) is 5.11 Å². The average Bonchev–Trinajstić information content (AvgIpc) is 2.23. The Morgan fingerprint density at radius 1 is 1.39 bits per heavy atom. The first kappa shape index (κ1) is 12.6. The first-order chi connectivity index (χ1) is 8.58. The lowest BCUT2D eigenvalue weighted by Crippen LogP contribution is -2.22. The fourth-order valence-corrected chi connectivity index (χ4v) is 2.22. The maximum Gasteiger partial charge on any atom is 0.338 e. The van der Waals surface area contributed by atoms with Crippen LogP contribution in [0.4, 0.5) is 5.69 Å². The summed E-state index contributed by atoms with van der Waals surface area (Å²) in [7, 11) is 0. The van der Waals surface area contributed by atoms with Gasteiger partial charge < -0.3 is 10.4 Å². The molecular weight excluding hydrogens is 230 g/mol. The van der Waals surface area contributed by atoms with Crippen LogP contribution in [0.15, 0.2) is 18.2 Å². The Labute approximate surface area is 106 Å². The molecule has 0 aliphatic heterocycles. The second-order valence-corrected chi connectivity index (χ2v) is 4.85. The summed E-state index contributed by atoms with van der Waals surface area (Å²) in [6, 6.07) is 5.11. The molecule has 18 heavy (non-hydrogen) atoms. The van der Waals surface area contributed by atoms with Crippen LogP contribution in [0.3, 0.4) is 0 Å². The van der Waals surface area contributed by atoms with Crippen molar-refractivity contribution >= 4 is 17.6 Å². The highest BCUT2D eigenvalue weighted by Crippen LogP contribution is 2.30. The largest absolute Gasteiger partial charge is 0.478 e. The van der Waals surface area contributed by atoms with Crippen LogP contribution in [-0.4, -0.2) is 17.0 Å². The molecule has 1 aliphatic carbocycles. The molecule has 1 saturated carbocycles. The monoisotopic (exact) mass is 247 g/mol. The standard InChI is InChI=1S/C14H17NO3/c1-9-4-2-7-11(13(9)14(17)18)15-12(16)8-10-5-3-6-10/h2,4,7,10H,3,5-6,8H2,1H3,(H,15,16)(H,17,18). The molecule has 0 atom stereocenters. The number of benzene rings is 1. The predicted octanol–water partition coefficient (Wildman–Crippen LogP) is 2.82. The molecule has 0 saturated heterocycles. The van der Waals surface area contributed by atoms with Gasteiger partial charge in [0, 0.05) is 6.42 Å². The first-order valence-corrected chi connectivity index (χ1v) is 6.20. The van der Waals surface area contributed by atoms with Crippen molar-refractivity contribution in [2.75, 3.05) is 5.32 Å². The number of hydrogen-bond donors (Lipinski definition) is 2. The van der Waals surface area contributed by atoms with Crippen molar-refractivity contribution < 1.29 is 14.7 Å². The van der Waals surface area contributed by atoms with Gasteiger partial charge in [-0.25, -0.2) is 4.79 Å². The number of hydrogen-bond acceptors (Lipinski definition) is 2. The van der Waals surface area contributed by atoms with Crippen molar-refractivity contribution in [2.24, 2.45) is 5.92 Å². The molecule has 0 unspecified atom stereocenters. The van der Waals surface area contributed by atoms with Gasteiger partial charge in [-0.3, -0.25) is 4.79 Å². The highest BCUT2D eigenvalue weighted by atomic mass is 16.4. The third kappa shape index (κ3) is 2.70. The summed E-state index contributed by atoms with van der Waals surface area (Å²) >= 11 is 0. The predicted molar refractivity (Wildman–Crippen MR) is 68.7 cm³/mol. The summed E-state index contributed by atoms with van der Waals surface area (Å²) in [5, 5.41) is 11.9. The number of carbonyl (C=O) groups excluding carboxylic acids is 1. The van der Waals surface area contributed by atoms with Crippen LogP contribution >= 0.6 is 0 Å². The van der Waals surface area contributed by atoms with Gasteiger partial charge in [0.15, 0.2) is 0 Å². The maximum absolute atomic E-state index is 11.8. The molecule has 2 N–H and O–H groups in total. The van der Waals surface area contributed by atoms with Crippen molar-refractivity contribution in [3.8, 4) is 0 Å². The molecule has 0 heterocycles. The molecule has 0 bridgehead atoms. The Morgan fingerprint density at radius 3 is 2.67 bits per heavy atom. The minimum atomic E-state index is -1.01. The van der Waals surface area contributed by atoms with E-state index < -0.39 is 5.97 Å². The Hall–Kier alpha value is -1.84. The van der Waals surface area contributed by atoms with Crippen LogP contribution in [-0.2, 0) is 4.79 Å². The molecule has 96 valence electrons. The molecule has 1 fully saturated rings. The SMILES string of the molecule is Cc1cccc(NC(=O)CC2CCC2)c1C(=O)O. The number of anilines is 1. The highest BCUT2D eigenvalue weighted by molar-refractivity contribution is 6.01. The molecule has 4 heteroatoms. The molecule has 2 rings (SSSR count). The average molecular weight is 247 g/mol. The lowest BCUT2D eigenvalue weighted by molar-refractivity contribution is -0.117. The van der Waals surface area contributed by atoms with Crippen LogP contribution in [0, 0.1) is 12.8 Å². The molecule has 0 aromatic heterocycles. The quantitative estimate of drug-likeness (QED) is 0.859. The van der Waals surface area contributed by atoms with E-state index in [1.165, 1.54) is 6.42 Å². The number of carboxylic acids is 1. The van der Waals surface area contributed by atoms with Gasteiger partial charge in [0.25, 0.3) is 0 Å². The van der Waals surface area contributed by atoms with Gasteiger partial charge in [-0.1, -0.05) is 18.6 Å². The molecule has 1 amide bonds. The summed E-state index contributed by atoms with van der Waals surface area (Å²) < 4.78 is 0. The number of nitrogens with one attached hydrogen (secondary N) is 1. The van der Waals surface area contributed by atoms with Crippen molar-refractivity contribution in [3.63, 3.8) is 0 Å². The fourth-order valence-electron chi connectivity index (χ4n) is 2.22. The highest BCUT2D eigenvalue weighted by Gasteiger charge is 2.22. The zero-order valence-electron chi connectivity index (χ0n) is 10.4. The van der Waals surface area contributed by atoms with E-state index in [0.29, 0.717) is 23.6 Å². The summed E-state index contributed by atoms with van der Waals surface area (Å²) in [6.07, 6.45) is 3.90. The lowest BCUT2D eigenvalue weighted by atomic mass is 9.83. The third-order valence-corrected chi connectivity index (χ3v) is 3.46. The molecular formula is C14H17NO3. The van der Waals surface area contributed by atoms with E-state index >= 15 is 0 Å². The van der Waals surface area contributed by atoms with Gasteiger partial charge in [0.2, 0.25) is 5.91 Å². The minimum Gasteiger partial charge on any atom is -0.478 e. The van der Waals surface area contributed by atoms with Crippen LogP contribution < -0.4 is 5.32 Å². The van der Waals surface area contributed by atoms with Crippen molar-refractivity contribution in [2.45, 2.75) is 32.6 Å². The van der Waals surface area contributed by atoms with E-state index in [9.17, 15) is 9.59 Å². The zero-order valence-corrected chi connectivity index (χ0v) is 10.4. The van der Waals surface area contributed by atoms with Gasteiger partial charge in [-0.15, -0.1) is 0 Å². The lowest BCUT2D eigenvalue weighted by Gasteiger charge is -2.24. The second kappa shape index (κ2) is 5.21. The number of aryl methyl sites for hydroxylation is 1. The molecule has 1 aromatic carbocycles. The molecule has 1 aliphatic rings. The number of carbonyl (C=O) groups is 2. The molecule has 0 spiro atoms. The van der Waals surface area contributed by atoms with Crippen molar-refractivity contribution in [3.05, 3.63) is 29.3 Å². The summed E-state index contributed by atoms with van der Waals surface area (Å²) in [5.74, 6) is -0.622. The van der Waals surface area contributed by atoms with E-state index in [1.54, 1.807) is 25.1 Å². The Kier molecular flexibility index (Phi) is 3.65. The van der Waals surface area contributed by atoms with Crippen LogP contribution in [0.2, 0.25) is 0 Å². The fraction of sp³-hybridized carbons (Fsp3) is 0.429. The number of rotatable bonds is 4. The first-order valence-electron chi connectivity index (χ1n) is 6.20. The zero-order chi connectivity index (χ0) is 13.1. The Bertz CT molecular complexity index is 478. The summed E-state index contributed by atoms with van der Waals surface area (Å²) in [5.41, 5.74) is 1.23. The van der Waals surface area contributed by atoms with E-state index in [-0.39, 0.29) is 11.5 Å². The second-order valence-electron chi connectivity index (χ2n) is 4.85. The van der Waals surface area contributed by atoms with E-state index in [0.717, 1.165) is 12.8 Å². The smallest absolute Gasteiger partial charge is 0.338 e. The maximum atomic E-state index is 11.8. The van der Waals surface area contributed by atoms with Gasteiger partial charge >= 0.3 is 5.97 Å². The van der Waals surface area contributed by atoms with Crippen LogP contribution in [0.25, 0.3) is 0 Å². The number of aromatic carboxylic acids is 1. The van der Waals surface area contributed by atoms with Crippen LogP contribution in [0.1, 0.15) is 41.6 Å². The minimum absolute atomic E-state index is 0.0900. The summed E-state index contributed by atoms with van der Waals surface area (Å²) in [4.78, 5) is 23.0. The van der Waals surface area contributed by atoms with Crippen LogP contribution in [0.5, 0.6) is 0 Å².